The van der Waals surface area contributed by atoms with Gasteiger partial charge in [0.2, 0.25) is 10.0 Å². The first kappa shape index (κ1) is 18.2. The summed E-state index contributed by atoms with van der Waals surface area (Å²) in [5.74, 6) is 3.82. The van der Waals surface area contributed by atoms with Crippen LogP contribution in [0.5, 0.6) is 5.75 Å². The van der Waals surface area contributed by atoms with Crippen LogP contribution in [0.3, 0.4) is 0 Å². The summed E-state index contributed by atoms with van der Waals surface area (Å²) < 4.78 is 31.9. The Balaban J connectivity index is 2.13. The third kappa shape index (κ3) is 3.50. The Morgan fingerprint density at radius 1 is 1.21 bits per heavy atom. The number of aryl methyl sites for hydroxylation is 1. The van der Waals surface area contributed by atoms with Crippen molar-refractivity contribution in [3.8, 4) is 5.75 Å². The number of piperazine rings is 1. The molecule has 0 saturated carbocycles. The highest BCUT2D eigenvalue weighted by molar-refractivity contribution is 7.89. The number of carbonyl (C=O) groups excluding carboxylic acids is 2. The number of hydrogen-bond donors (Lipinski definition) is 2. The van der Waals surface area contributed by atoms with Gasteiger partial charge in [-0.1, -0.05) is 0 Å². The van der Waals surface area contributed by atoms with Gasteiger partial charge in [0.05, 0.1) is 12.0 Å². The van der Waals surface area contributed by atoms with Gasteiger partial charge in [-0.05, 0) is 30.7 Å². The molecule has 0 radical (unpaired) electrons. The van der Waals surface area contributed by atoms with Crippen LogP contribution in [-0.4, -0.2) is 62.7 Å². The average Bonchev–Trinajstić information content (AvgIpc) is 2.60. The monoisotopic (exact) mass is 356 g/mol. The molecule has 24 heavy (non-hydrogen) atoms. The van der Waals surface area contributed by atoms with Crippen LogP contribution in [0.2, 0.25) is 0 Å². The van der Waals surface area contributed by atoms with Gasteiger partial charge in [0.1, 0.15) is 5.75 Å². The van der Waals surface area contributed by atoms with Gasteiger partial charge in [-0.15, -0.1) is 0 Å². The normalized spacial score (nSPS) is 15.9. The maximum atomic E-state index is 12.8. The Morgan fingerprint density at radius 2 is 1.83 bits per heavy atom. The summed E-state index contributed by atoms with van der Waals surface area (Å²) >= 11 is 0. The van der Waals surface area contributed by atoms with Crippen molar-refractivity contribution < 1.29 is 22.7 Å². The van der Waals surface area contributed by atoms with E-state index >= 15 is 0 Å². The van der Waals surface area contributed by atoms with E-state index in [2.05, 4.69) is 0 Å². The second-order valence-electron chi connectivity index (χ2n) is 5.30. The van der Waals surface area contributed by atoms with Crippen LogP contribution in [0.15, 0.2) is 23.1 Å². The molecule has 0 aromatic heterocycles. The molecule has 1 aliphatic heterocycles. The molecule has 1 aromatic carbocycles. The summed E-state index contributed by atoms with van der Waals surface area (Å²) in [4.78, 5) is 24.4. The average molecular weight is 356 g/mol. The molecule has 2 rings (SSSR count). The highest BCUT2D eigenvalue weighted by Crippen LogP contribution is 2.24. The van der Waals surface area contributed by atoms with E-state index in [4.69, 9.17) is 10.6 Å². The Hall–Kier alpha value is -2.17. The molecule has 10 heteroatoms. The number of sulfonamides is 1. The number of hydrogen-bond acceptors (Lipinski definition) is 6. The predicted octanol–water partition coefficient (Wildman–Crippen LogP) is -1.17. The van der Waals surface area contributed by atoms with Crippen LogP contribution >= 0.6 is 0 Å². The molecule has 9 nitrogen and oxygen atoms in total. The van der Waals surface area contributed by atoms with Gasteiger partial charge in [0, 0.05) is 26.2 Å². The maximum Gasteiger partial charge on any atom is 0.323 e. The van der Waals surface area contributed by atoms with Crippen molar-refractivity contribution in [3.63, 3.8) is 0 Å². The molecule has 1 aromatic rings. The van der Waals surface area contributed by atoms with Crippen LogP contribution in [0.1, 0.15) is 5.56 Å². The molecule has 0 unspecified atom stereocenters. The molecule has 2 amide bonds. The van der Waals surface area contributed by atoms with Crippen molar-refractivity contribution in [3.05, 3.63) is 23.8 Å². The van der Waals surface area contributed by atoms with E-state index in [0.717, 1.165) is 0 Å². The van der Waals surface area contributed by atoms with E-state index in [1.807, 2.05) is 0 Å². The fourth-order valence-electron chi connectivity index (χ4n) is 2.51. The highest BCUT2D eigenvalue weighted by Gasteiger charge is 2.32. The summed E-state index contributed by atoms with van der Waals surface area (Å²) in [6, 6.07) is 4.74. The zero-order valence-electron chi connectivity index (χ0n) is 13.5. The third-order valence-electron chi connectivity index (χ3n) is 3.85. The van der Waals surface area contributed by atoms with Gasteiger partial charge in [-0.3, -0.25) is 15.0 Å². The molecular formula is C14H20N4O5S. The molecule has 1 fully saturated rings. The number of nitrogens with one attached hydrogen (secondary N) is 1. The Bertz CT molecular complexity index is 742. The minimum Gasteiger partial charge on any atom is -0.497 e. The third-order valence-corrected chi connectivity index (χ3v) is 5.91. The molecule has 0 aliphatic carbocycles. The van der Waals surface area contributed by atoms with Crippen molar-refractivity contribution in [2.45, 2.75) is 11.8 Å². The number of carbonyl (C=O) groups is 2. The molecular weight excluding hydrogens is 336 g/mol. The van der Waals surface area contributed by atoms with E-state index in [1.54, 1.807) is 24.5 Å². The van der Waals surface area contributed by atoms with Gasteiger partial charge in [-0.25, -0.2) is 14.3 Å². The number of methoxy groups -OCH3 is 1. The van der Waals surface area contributed by atoms with Crippen molar-refractivity contribution in [1.29, 1.82) is 0 Å². The molecule has 0 bridgehead atoms. The van der Waals surface area contributed by atoms with Gasteiger partial charge >= 0.3 is 11.8 Å². The molecule has 1 aliphatic rings. The van der Waals surface area contributed by atoms with Crippen molar-refractivity contribution in [2.75, 3.05) is 33.3 Å². The lowest BCUT2D eigenvalue weighted by Crippen LogP contribution is -2.54. The summed E-state index contributed by atoms with van der Waals surface area (Å²) in [6.07, 6.45) is 0. The van der Waals surface area contributed by atoms with Crippen molar-refractivity contribution in [1.82, 2.24) is 14.6 Å². The Labute approximate surface area is 140 Å². The van der Waals surface area contributed by atoms with Crippen LogP contribution in [-0.2, 0) is 19.6 Å². The number of benzene rings is 1. The summed E-state index contributed by atoms with van der Waals surface area (Å²) in [7, 11) is -2.17. The van der Waals surface area contributed by atoms with E-state index in [9.17, 15) is 18.0 Å². The number of nitrogens with zero attached hydrogens (tertiary/aromatic N) is 2. The topological polar surface area (TPSA) is 122 Å². The van der Waals surface area contributed by atoms with Gasteiger partial charge in [0.25, 0.3) is 0 Å². The first-order valence-corrected chi connectivity index (χ1v) is 8.70. The summed E-state index contributed by atoms with van der Waals surface area (Å²) in [6.45, 7) is 2.16. The second kappa shape index (κ2) is 7.16. The number of ether oxygens (including phenoxy) is 1. The summed E-state index contributed by atoms with van der Waals surface area (Å²) in [5.41, 5.74) is 2.35. The molecule has 132 valence electrons. The van der Waals surface area contributed by atoms with E-state index in [0.29, 0.717) is 11.3 Å². The number of nitrogens with two attached hydrogens (primary N) is 1. The standard InChI is InChI=1S/C14H20N4O5S/c1-10-9-11(23-2)3-4-12(10)24(21,22)18-7-5-17(6-8-18)14(20)13(19)16-15/h3-4,9H,5-8,15H2,1-2H3,(H,16,19). The lowest BCUT2D eigenvalue weighted by Gasteiger charge is -2.33. The number of rotatable bonds is 3. The molecule has 1 heterocycles. The smallest absolute Gasteiger partial charge is 0.323 e. The van der Waals surface area contributed by atoms with Crippen molar-refractivity contribution in [2.24, 2.45) is 5.84 Å². The number of amides is 2. The SMILES string of the molecule is COc1ccc(S(=O)(=O)N2CCN(C(=O)C(=O)NN)CC2)c(C)c1. The van der Waals surface area contributed by atoms with Crippen LogP contribution in [0.25, 0.3) is 0 Å². The number of hydrazine groups is 1. The Kier molecular flexibility index (Phi) is 5.42. The Morgan fingerprint density at radius 3 is 2.33 bits per heavy atom. The minimum absolute atomic E-state index is 0.109. The molecule has 0 atom stereocenters. The van der Waals surface area contributed by atoms with Gasteiger partial charge in [-0.2, -0.15) is 4.31 Å². The molecule has 3 N–H and O–H groups in total. The van der Waals surface area contributed by atoms with E-state index in [-0.39, 0.29) is 31.1 Å². The fraction of sp³-hybridized carbons (Fsp3) is 0.429. The first-order chi connectivity index (χ1) is 11.3. The van der Waals surface area contributed by atoms with Crippen LogP contribution < -0.4 is 16.0 Å². The lowest BCUT2D eigenvalue weighted by molar-refractivity contribution is -0.146. The zero-order valence-corrected chi connectivity index (χ0v) is 14.3. The predicted molar refractivity (Wildman–Crippen MR) is 85.4 cm³/mol. The van der Waals surface area contributed by atoms with Crippen LogP contribution in [0, 0.1) is 6.92 Å². The zero-order chi connectivity index (χ0) is 17.9. The van der Waals surface area contributed by atoms with Gasteiger partial charge in [0.15, 0.2) is 0 Å². The lowest BCUT2D eigenvalue weighted by atomic mass is 10.2. The fourth-order valence-corrected chi connectivity index (χ4v) is 4.14. The van der Waals surface area contributed by atoms with Crippen LogP contribution in [0.4, 0.5) is 0 Å². The molecule has 1 saturated heterocycles. The quantitative estimate of drug-likeness (QED) is 0.304. The largest absolute Gasteiger partial charge is 0.497 e. The van der Waals surface area contributed by atoms with Gasteiger partial charge < -0.3 is 9.64 Å². The van der Waals surface area contributed by atoms with E-state index < -0.39 is 21.8 Å². The summed E-state index contributed by atoms with van der Waals surface area (Å²) in [5, 5.41) is 0. The first-order valence-electron chi connectivity index (χ1n) is 7.26. The van der Waals surface area contributed by atoms with Crippen molar-refractivity contribution >= 4 is 21.8 Å². The molecule has 0 spiro atoms. The highest BCUT2D eigenvalue weighted by atomic mass is 32.2. The second-order valence-corrected chi connectivity index (χ2v) is 7.21. The maximum absolute atomic E-state index is 12.8. The van der Waals surface area contributed by atoms with E-state index in [1.165, 1.54) is 22.4 Å². The minimum atomic E-state index is -3.68.